The number of nitrogens with zero attached hydrogens (tertiary/aromatic N) is 2. The molecule has 0 saturated carbocycles. The molecule has 1 unspecified atom stereocenters. The summed E-state index contributed by atoms with van der Waals surface area (Å²) in [5, 5.41) is 3.47. The van der Waals surface area contributed by atoms with Crippen LogP contribution in [0.15, 0.2) is 18.3 Å². The molecule has 1 aromatic rings. The van der Waals surface area contributed by atoms with Crippen LogP contribution in [0.5, 0.6) is 0 Å². The van der Waals surface area contributed by atoms with Crippen molar-refractivity contribution in [1.82, 2.24) is 4.98 Å². The van der Waals surface area contributed by atoms with Crippen LogP contribution in [0.25, 0.3) is 0 Å². The second-order valence-electron chi connectivity index (χ2n) is 5.18. The molecular formula is C14H23N3O. The standard InChI is InChI=1S/C14H23N3O/c1-11(2)12(3)16-13-4-5-14(15-10-13)17-6-8-18-9-7-17/h4-5,10-12,16H,6-9H2,1-3H3. The van der Waals surface area contributed by atoms with Crippen LogP contribution in [-0.4, -0.2) is 37.3 Å². The third kappa shape index (κ3) is 3.35. The SMILES string of the molecule is CC(C)C(C)Nc1ccc(N2CCOCC2)nc1. The van der Waals surface area contributed by atoms with Crippen LogP contribution in [0.1, 0.15) is 20.8 Å². The number of ether oxygens (including phenoxy) is 1. The Hall–Kier alpha value is -1.29. The number of nitrogens with one attached hydrogen (secondary N) is 1. The number of anilines is 2. The van der Waals surface area contributed by atoms with Crippen LogP contribution >= 0.6 is 0 Å². The topological polar surface area (TPSA) is 37.4 Å². The molecule has 2 rings (SSSR count). The van der Waals surface area contributed by atoms with E-state index in [2.05, 4.69) is 48.1 Å². The van der Waals surface area contributed by atoms with Crippen LogP contribution in [0.3, 0.4) is 0 Å². The van der Waals surface area contributed by atoms with Crippen molar-refractivity contribution in [2.75, 3.05) is 36.5 Å². The van der Waals surface area contributed by atoms with Gasteiger partial charge in [0.2, 0.25) is 0 Å². The Labute approximate surface area is 109 Å². The van der Waals surface area contributed by atoms with Crippen LogP contribution < -0.4 is 10.2 Å². The number of hydrogen-bond acceptors (Lipinski definition) is 4. The summed E-state index contributed by atoms with van der Waals surface area (Å²) >= 11 is 0. The molecule has 4 heteroatoms. The molecule has 1 atom stereocenters. The highest BCUT2D eigenvalue weighted by molar-refractivity contribution is 5.49. The molecule has 1 saturated heterocycles. The van der Waals surface area contributed by atoms with Gasteiger partial charge in [0.15, 0.2) is 0 Å². The van der Waals surface area contributed by atoms with Gasteiger partial charge in [0.1, 0.15) is 5.82 Å². The van der Waals surface area contributed by atoms with Gasteiger partial charge in [0.25, 0.3) is 0 Å². The van der Waals surface area contributed by atoms with Crippen LogP contribution in [0.4, 0.5) is 11.5 Å². The summed E-state index contributed by atoms with van der Waals surface area (Å²) in [4.78, 5) is 6.79. The van der Waals surface area contributed by atoms with Gasteiger partial charge in [-0.25, -0.2) is 4.98 Å². The first-order valence-corrected chi connectivity index (χ1v) is 6.72. The minimum Gasteiger partial charge on any atom is -0.381 e. The number of morpholine rings is 1. The lowest BCUT2D eigenvalue weighted by atomic mass is 10.1. The lowest BCUT2D eigenvalue weighted by Crippen LogP contribution is -2.36. The number of aromatic nitrogens is 1. The summed E-state index contributed by atoms with van der Waals surface area (Å²) in [6, 6.07) is 4.65. The van der Waals surface area contributed by atoms with Gasteiger partial charge in [-0.05, 0) is 25.0 Å². The zero-order chi connectivity index (χ0) is 13.0. The van der Waals surface area contributed by atoms with Crippen molar-refractivity contribution in [3.8, 4) is 0 Å². The molecule has 0 spiro atoms. The van der Waals surface area contributed by atoms with E-state index in [-0.39, 0.29) is 0 Å². The summed E-state index contributed by atoms with van der Waals surface area (Å²) in [6.45, 7) is 10.1. The average molecular weight is 249 g/mol. The maximum Gasteiger partial charge on any atom is 0.128 e. The Morgan fingerprint density at radius 2 is 1.94 bits per heavy atom. The molecule has 0 amide bonds. The molecule has 1 N–H and O–H groups in total. The fraction of sp³-hybridized carbons (Fsp3) is 0.643. The van der Waals surface area contributed by atoms with Crippen molar-refractivity contribution < 1.29 is 4.74 Å². The number of pyridine rings is 1. The summed E-state index contributed by atoms with van der Waals surface area (Å²) in [5.74, 6) is 1.66. The van der Waals surface area contributed by atoms with E-state index in [9.17, 15) is 0 Å². The quantitative estimate of drug-likeness (QED) is 0.889. The van der Waals surface area contributed by atoms with Gasteiger partial charge in [-0.2, -0.15) is 0 Å². The predicted molar refractivity (Wildman–Crippen MR) is 75.2 cm³/mol. The third-order valence-corrected chi connectivity index (χ3v) is 3.48. The lowest BCUT2D eigenvalue weighted by Gasteiger charge is -2.28. The summed E-state index contributed by atoms with van der Waals surface area (Å²) < 4.78 is 5.34. The van der Waals surface area contributed by atoms with E-state index in [1.165, 1.54) is 0 Å². The third-order valence-electron chi connectivity index (χ3n) is 3.48. The Morgan fingerprint density at radius 1 is 1.22 bits per heavy atom. The first-order valence-electron chi connectivity index (χ1n) is 6.72. The smallest absolute Gasteiger partial charge is 0.128 e. The van der Waals surface area contributed by atoms with Crippen molar-refractivity contribution in [2.45, 2.75) is 26.8 Å². The van der Waals surface area contributed by atoms with Crippen LogP contribution in [0, 0.1) is 5.92 Å². The maximum absolute atomic E-state index is 5.34. The predicted octanol–water partition coefficient (Wildman–Crippen LogP) is 2.37. The Morgan fingerprint density at radius 3 is 2.50 bits per heavy atom. The average Bonchev–Trinajstić information content (AvgIpc) is 2.40. The largest absolute Gasteiger partial charge is 0.381 e. The Bertz CT molecular complexity index is 358. The number of hydrogen-bond donors (Lipinski definition) is 1. The molecule has 2 heterocycles. The van der Waals surface area contributed by atoms with Crippen molar-refractivity contribution in [3.05, 3.63) is 18.3 Å². The molecular weight excluding hydrogens is 226 g/mol. The van der Waals surface area contributed by atoms with Gasteiger partial charge < -0.3 is 15.0 Å². The second kappa shape index (κ2) is 6.05. The van der Waals surface area contributed by atoms with Gasteiger partial charge in [-0.3, -0.25) is 0 Å². The molecule has 1 aliphatic heterocycles. The van der Waals surface area contributed by atoms with Gasteiger partial charge >= 0.3 is 0 Å². The minimum absolute atomic E-state index is 0.459. The van der Waals surface area contributed by atoms with Gasteiger partial charge in [0, 0.05) is 19.1 Å². The van der Waals surface area contributed by atoms with E-state index in [0.717, 1.165) is 37.8 Å². The fourth-order valence-electron chi connectivity index (χ4n) is 1.88. The molecule has 0 aliphatic carbocycles. The summed E-state index contributed by atoms with van der Waals surface area (Å²) in [6.07, 6.45) is 1.92. The molecule has 0 bridgehead atoms. The maximum atomic E-state index is 5.34. The van der Waals surface area contributed by atoms with E-state index >= 15 is 0 Å². The van der Waals surface area contributed by atoms with Gasteiger partial charge in [-0.1, -0.05) is 13.8 Å². The van der Waals surface area contributed by atoms with E-state index < -0.39 is 0 Å². The zero-order valence-corrected chi connectivity index (χ0v) is 11.5. The molecule has 18 heavy (non-hydrogen) atoms. The molecule has 100 valence electrons. The highest BCUT2D eigenvalue weighted by atomic mass is 16.5. The minimum atomic E-state index is 0.459. The van der Waals surface area contributed by atoms with E-state index in [4.69, 9.17) is 4.74 Å². The van der Waals surface area contributed by atoms with E-state index in [0.29, 0.717) is 12.0 Å². The van der Waals surface area contributed by atoms with Crippen LogP contribution in [-0.2, 0) is 4.74 Å². The zero-order valence-electron chi connectivity index (χ0n) is 11.5. The van der Waals surface area contributed by atoms with Crippen molar-refractivity contribution in [3.63, 3.8) is 0 Å². The van der Waals surface area contributed by atoms with E-state index in [1.807, 2.05) is 6.20 Å². The molecule has 1 aromatic heterocycles. The molecule has 0 aromatic carbocycles. The highest BCUT2D eigenvalue weighted by Crippen LogP contribution is 2.17. The second-order valence-corrected chi connectivity index (χ2v) is 5.18. The van der Waals surface area contributed by atoms with Crippen molar-refractivity contribution in [1.29, 1.82) is 0 Å². The van der Waals surface area contributed by atoms with E-state index in [1.54, 1.807) is 0 Å². The lowest BCUT2D eigenvalue weighted by molar-refractivity contribution is 0.122. The summed E-state index contributed by atoms with van der Waals surface area (Å²) in [7, 11) is 0. The first-order chi connectivity index (χ1) is 8.66. The molecule has 1 fully saturated rings. The van der Waals surface area contributed by atoms with Crippen molar-refractivity contribution >= 4 is 11.5 Å². The van der Waals surface area contributed by atoms with Crippen LogP contribution in [0.2, 0.25) is 0 Å². The van der Waals surface area contributed by atoms with Crippen molar-refractivity contribution in [2.24, 2.45) is 5.92 Å². The normalized spacial score (nSPS) is 17.9. The number of rotatable bonds is 4. The molecule has 4 nitrogen and oxygen atoms in total. The first kappa shape index (κ1) is 13.1. The molecule has 1 aliphatic rings. The monoisotopic (exact) mass is 249 g/mol. The van der Waals surface area contributed by atoms with Gasteiger partial charge in [0.05, 0.1) is 25.1 Å². The summed E-state index contributed by atoms with van der Waals surface area (Å²) in [5.41, 5.74) is 1.09. The fourth-order valence-corrected chi connectivity index (χ4v) is 1.88. The molecule has 0 radical (unpaired) electrons. The Kier molecular flexibility index (Phi) is 4.42. The van der Waals surface area contributed by atoms with Gasteiger partial charge in [-0.15, -0.1) is 0 Å². The highest BCUT2D eigenvalue weighted by Gasteiger charge is 2.12. The Balaban J connectivity index is 1.96.